The van der Waals surface area contributed by atoms with Crippen molar-refractivity contribution < 1.29 is 47.5 Å². The first-order valence-corrected chi connectivity index (χ1v) is 20.4. The summed E-state index contributed by atoms with van der Waals surface area (Å²) in [6.07, 6.45) is 31.1. The molecule has 1 unspecified atom stereocenters. The number of carboxylic acids is 1. The first-order chi connectivity index (χ1) is 23.6. The predicted molar refractivity (Wildman–Crippen MR) is 194 cm³/mol. The molecule has 0 aromatic carbocycles. The Bertz CT molecular complexity index is 942. The van der Waals surface area contributed by atoms with E-state index in [2.05, 4.69) is 42.7 Å². The fourth-order valence-corrected chi connectivity index (χ4v) is 5.65. The molecular formula is C37H68NO10P. The summed E-state index contributed by atoms with van der Waals surface area (Å²) in [4.78, 5) is 45.7. The van der Waals surface area contributed by atoms with Crippen molar-refractivity contribution in [2.45, 2.75) is 174 Å². The predicted octanol–water partition coefficient (Wildman–Crippen LogP) is 9.11. The van der Waals surface area contributed by atoms with Crippen molar-refractivity contribution in [3.05, 3.63) is 24.3 Å². The minimum absolute atomic E-state index is 0.150. The molecule has 0 aromatic heterocycles. The monoisotopic (exact) mass is 717 g/mol. The zero-order valence-corrected chi connectivity index (χ0v) is 31.4. The zero-order valence-electron chi connectivity index (χ0n) is 30.5. The third kappa shape index (κ3) is 32.9. The zero-order chi connectivity index (χ0) is 36.4. The SMILES string of the molecule is CCCCC/C=C/CCCCCCCC(=O)OC[C@H](COP(=O)(O)OC[C@H](N)C(=O)O)OC(=O)CCCCCCC/C=C/CCCCCC. The second-order valence-electron chi connectivity index (χ2n) is 12.7. The number of phosphoric ester groups is 1. The standard InChI is InChI=1S/C37H68NO10P/c1-3-5-7-9-11-13-15-17-19-21-23-25-27-29-36(40)48-33(31-46-49(43,44)47-32-34(38)37(41)42)30-45-35(39)28-26-24-22-20-18-16-14-12-10-8-6-4-2/h12-15,33-34H,3-11,16-32,38H2,1-2H3,(H,41,42)(H,43,44)/b14-12+,15-13+/t33-,34+/m1/s1. The van der Waals surface area contributed by atoms with Gasteiger partial charge in [0.05, 0.1) is 13.2 Å². The highest BCUT2D eigenvalue weighted by Gasteiger charge is 2.28. The lowest BCUT2D eigenvalue weighted by Crippen LogP contribution is -2.34. The third-order valence-corrected chi connectivity index (χ3v) is 8.87. The molecular weight excluding hydrogens is 649 g/mol. The number of carbonyl (C=O) groups is 3. The Balaban J connectivity index is 4.48. The Morgan fingerprint density at radius 1 is 0.612 bits per heavy atom. The molecule has 0 saturated carbocycles. The van der Waals surface area contributed by atoms with Gasteiger partial charge < -0.3 is 25.2 Å². The molecule has 286 valence electrons. The van der Waals surface area contributed by atoms with Crippen molar-refractivity contribution in [2.24, 2.45) is 5.73 Å². The summed E-state index contributed by atoms with van der Waals surface area (Å²) in [5.41, 5.74) is 5.31. The van der Waals surface area contributed by atoms with E-state index in [1.54, 1.807) is 0 Å². The Kier molecular flexibility index (Phi) is 31.7. The molecule has 0 aliphatic rings. The molecule has 11 nitrogen and oxygen atoms in total. The Morgan fingerprint density at radius 3 is 1.53 bits per heavy atom. The van der Waals surface area contributed by atoms with Crippen LogP contribution in [-0.2, 0) is 37.5 Å². The van der Waals surface area contributed by atoms with Crippen LogP contribution in [0.15, 0.2) is 24.3 Å². The van der Waals surface area contributed by atoms with Crippen LogP contribution in [0, 0.1) is 0 Å². The summed E-state index contributed by atoms with van der Waals surface area (Å²) >= 11 is 0. The fraction of sp³-hybridized carbons (Fsp3) is 0.811. The number of carbonyl (C=O) groups excluding carboxylic acids is 2. The Hall–Kier alpha value is -2.04. The average Bonchev–Trinajstić information content (AvgIpc) is 3.07. The van der Waals surface area contributed by atoms with Crippen molar-refractivity contribution in [1.82, 2.24) is 0 Å². The lowest BCUT2D eigenvalue weighted by molar-refractivity contribution is -0.161. The van der Waals surface area contributed by atoms with Gasteiger partial charge in [-0.2, -0.15) is 0 Å². The van der Waals surface area contributed by atoms with Gasteiger partial charge in [0, 0.05) is 12.8 Å². The van der Waals surface area contributed by atoms with Crippen molar-refractivity contribution in [1.29, 1.82) is 0 Å². The molecule has 49 heavy (non-hydrogen) atoms. The second kappa shape index (κ2) is 33.1. The van der Waals surface area contributed by atoms with Gasteiger partial charge in [0.25, 0.3) is 0 Å². The maximum Gasteiger partial charge on any atom is 0.472 e. The van der Waals surface area contributed by atoms with E-state index in [4.69, 9.17) is 24.8 Å². The van der Waals surface area contributed by atoms with Gasteiger partial charge in [-0.15, -0.1) is 0 Å². The van der Waals surface area contributed by atoms with E-state index < -0.39 is 51.1 Å². The average molecular weight is 718 g/mol. The van der Waals surface area contributed by atoms with Gasteiger partial charge >= 0.3 is 25.7 Å². The van der Waals surface area contributed by atoms with Crippen LogP contribution in [0.4, 0.5) is 0 Å². The molecule has 0 aromatic rings. The highest BCUT2D eigenvalue weighted by Crippen LogP contribution is 2.43. The van der Waals surface area contributed by atoms with Crippen LogP contribution in [0.25, 0.3) is 0 Å². The maximum atomic E-state index is 12.5. The molecule has 3 atom stereocenters. The topological polar surface area (TPSA) is 172 Å². The van der Waals surface area contributed by atoms with Crippen LogP contribution in [0.5, 0.6) is 0 Å². The van der Waals surface area contributed by atoms with Gasteiger partial charge in [-0.1, -0.05) is 109 Å². The van der Waals surface area contributed by atoms with E-state index >= 15 is 0 Å². The van der Waals surface area contributed by atoms with Gasteiger partial charge in [0.1, 0.15) is 12.6 Å². The summed E-state index contributed by atoms with van der Waals surface area (Å²) in [5, 5.41) is 8.85. The molecule has 0 aliphatic carbocycles. The number of hydrogen-bond donors (Lipinski definition) is 3. The summed E-state index contributed by atoms with van der Waals surface area (Å²) in [7, 11) is -4.71. The molecule has 0 spiro atoms. The van der Waals surface area contributed by atoms with E-state index in [1.165, 1.54) is 44.9 Å². The van der Waals surface area contributed by atoms with Gasteiger partial charge in [-0.05, 0) is 64.2 Å². The number of hydrogen-bond acceptors (Lipinski definition) is 9. The lowest BCUT2D eigenvalue weighted by atomic mass is 10.1. The number of ether oxygens (including phenoxy) is 2. The number of esters is 2. The first kappa shape index (κ1) is 47.0. The summed E-state index contributed by atoms with van der Waals surface area (Å²) < 4.78 is 32.5. The number of unbranched alkanes of at least 4 members (excludes halogenated alkanes) is 17. The molecule has 0 aliphatic heterocycles. The van der Waals surface area contributed by atoms with E-state index in [9.17, 15) is 23.8 Å². The van der Waals surface area contributed by atoms with Gasteiger partial charge in [-0.25, -0.2) is 4.57 Å². The highest BCUT2D eigenvalue weighted by atomic mass is 31.2. The van der Waals surface area contributed by atoms with Crippen molar-refractivity contribution in [2.75, 3.05) is 19.8 Å². The van der Waals surface area contributed by atoms with Crippen molar-refractivity contribution >= 4 is 25.7 Å². The minimum atomic E-state index is -4.71. The van der Waals surface area contributed by atoms with Gasteiger partial charge in [0.2, 0.25) is 0 Å². The van der Waals surface area contributed by atoms with Gasteiger partial charge in [0.15, 0.2) is 6.10 Å². The van der Waals surface area contributed by atoms with Crippen LogP contribution in [-0.4, -0.2) is 59.9 Å². The molecule has 0 rings (SSSR count). The Morgan fingerprint density at radius 2 is 1.02 bits per heavy atom. The van der Waals surface area contributed by atoms with Crippen LogP contribution in [0.1, 0.15) is 162 Å². The lowest BCUT2D eigenvalue weighted by Gasteiger charge is -2.20. The number of nitrogens with two attached hydrogens (primary N) is 1. The molecule has 0 fully saturated rings. The molecule has 12 heteroatoms. The molecule has 0 radical (unpaired) electrons. The summed E-state index contributed by atoms with van der Waals surface area (Å²) in [6.45, 7) is 2.72. The normalized spacial score (nSPS) is 14.2. The summed E-state index contributed by atoms with van der Waals surface area (Å²) in [5.74, 6) is -2.40. The molecule has 0 amide bonds. The van der Waals surface area contributed by atoms with E-state index in [0.717, 1.165) is 77.0 Å². The van der Waals surface area contributed by atoms with Crippen molar-refractivity contribution in [3.8, 4) is 0 Å². The number of carboxylic acid groups (broad SMARTS) is 1. The maximum absolute atomic E-state index is 12.5. The molecule has 4 N–H and O–H groups in total. The second-order valence-corrected chi connectivity index (χ2v) is 14.2. The van der Waals surface area contributed by atoms with E-state index in [1.807, 2.05) is 0 Å². The number of allylic oxidation sites excluding steroid dienone is 4. The van der Waals surface area contributed by atoms with Gasteiger partial charge in [-0.3, -0.25) is 23.4 Å². The molecule has 0 saturated heterocycles. The minimum Gasteiger partial charge on any atom is -0.480 e. The molecule has 0 heterocycles. The van der Waals surface area contributed by atoms with E-state index in [-0.39, 0.29) is 19.4 Å². The van der Waals surface area contributed by atoms with Crippen LogP contribution < -0.4 is 5.73 Å². The number of rotatable bonds is 35. The van der Waals surface area contributed by atoms with Crippen LogP contribution in [0.3, 0.4) is 0 Å². The molecule has 0 bridgehead atoms. The largest absolute Gasteiger partial charge is 0.480 e. The van der Waals surface area contributed by atoms with Crippen LogP contribution in [0.2, 0.25) is 0 Å². The quantitative estimate of drug-likeness (QED) is 0.0247. The number of phosphoric acid groups is 1. The van der Waals surface area contributed by atoms with E-state index in [0.29, 0.717) is 12.8 Å². The third-order valence-electron chi connectivity index (χ3n) is 7.92. The first-order valence-electron chi connectivity index (χ1n) is 18.9. The fourth-order valence-electron chi connectivity index (χ4n) is 4.88. The number of aliphatic carboxylic acids is 1. The Labute approximate surface area is 296 Å². The smallest absolute Gasteiger partial charge is 0.472 e. The van der Waals surface area contributed by atoms with Crippen molar-refractivity contribution in [3.63, 3.8) is 0 Å². The van der Waals surface area contributed by atoms with Crippen LogP contribution >= 0.6 is 7.82 Å². The highest BCUT2D eigenvalue weighted by molar-refractivity contribution is 7.47. The summed E-state index contributed by atoms with van der Waals surface area (Å²) in [6, 6.07) is -1.52.